The molecule has 0 bridgehead atoms. The number of nitrogens with zero attached hydrogens (tertiary/aromatic N) is 2. The highest BCUT2D eigenvalue weighted by atomic mass is 32.1. The van der Waals surface area contributed by atoms with Crippen LogP contribution in [0.15, 0.2) is 17.8 Å². The average molecular weight is 252 g/mol. The van der Waals surface area contributed by atoms with Gasteiger partial charge in [-0.25, -0.2) is 4.98 Å². The first-order valence-electron chi connectivity index (χ1n) is 5.69. The number of carboxylic acid groups (broad SMARTS) is 1. The van der Waals surface area contributed by atoms with E-state index in [1.807, 2.05) is 29.1 Å². The third-order valence-corrected chi connectivity index (χ3v) is 3.80. The number of hydrogen-bond acceptors (Lipinski definition) is 3. The van der Waals surface area contributed by atoms with Crippen molar-refractivity contribution in [1.82, 2.24) is 9.38 Å². The lowest BCUT2D eigenvalue weighted by Crippen LogP contribution is -2.30. The van der Waals surface area contributed by atoms with Gasteiger partial charge in [-0.1, -0.05) is 13.3 Å². The molecule has 0 fully saturated rings. The van der Waals surface area contributed by atoms with Gasteiger partial charge in [-0.15, -0.1) is 11.3 Å². The Morgan fingerprint density at radius 2 is 2.41 bits per heavy atom. The largest absolute Gasteiger partial charge is 0.481 e. The third-order valence-electron chi connectivity index (χ3n) is 3.03. The van der Waals surface area contributed by atoms with Crippen LogP contribution in [0.4, 0.5) is 0 Å². The van der Waals surface area contributed by atoms with E-state index in [9.17, 15) is 9.90 Å². The van der Waals surface area contributed by atoms with Gasteiger partial charge in [0.1, 0.15) is 0 Å². The zero-order chi connectivity index (χ0) is 12.5. The van der Waals surface area contributed by atoms with Gasteiger partial charge in [0.25, 0.3) is 0 Å². The van der Waals surface area contributed by atoms with Gasteiger partial charge < -0.3 is 5.11 Å². The predicted octanol–water partition coefficient (Wildman–Crippen LogP) is 2.83. The summed E-state index contributed by atoms with van der Waals surface area (Å²) in [6.07, 6.45) is 5.89. The van der Waals surface area contributed by atoms with Crippen molar-refractivity contribution in [2.45, 2.75) is 33.1 Å². The Morgan fingerprint density at radius 3 is 3.00 bits per heavy atom. The molecule has 0 aromatic carbocycles. The van der Waals surface area contributed by atoms with Crippen LogP contribution in [0, 0.1) is 5.41 Å². The molecule has 2 aromatic rings. The quantitative estimate of drug-likeness (QED) is 0.890. The Bertz CT molecular complexity index is 503. The monoisotopic (exact) mass is 252 g/mol. The molecule has 0 spiro atoms. The van der Waals surface area contributed by atoms with Crippen LogP contribution in [0.5, 0.6) is 0 Å². The van der Waals surface area contributed by atoms with Crippen molar-refractivity contribution in [3.05, 3.63) is 23.5 Å². The molecule has 4 nitrogen and oxygen atoms in total. The van der Waals surface area contributed by atoms with E-state index in [1.54, 1.807) is 18.3 Å². The van der Waals surface area contributed by atoms with Crippen molar-refractivity contribution < 1.29 is 9.90 Å². The molecular weight excluding hydrogens is 236 g/mol. The van der Waals surface area contributed by atoms with Gasteiger partial charge in [-0.2, -0.15) is 0 Å². The Labute approximate surface area is 104 Å². The molecule has 0 radical (unpaired) electrons. The van der Waals surface area contributed by atoms with Crippen LogP contribution >= 0.6 is 11.3 Å². The Kier molecular flexibility index (Phi) is 3.19. The van der Waals surface area contributed by atoms with Crippen molar-refractivity contribution in [3.63, 3.8) is 0 Å². The van der Waals surface area contributed by atoms with E-state index in [4.69, 9.17) is 0 Å². The van der Waals surface area contributed by atoms with Crippen LogP contribution in [0.25, 0.3) is 4.96 Å². The van der Waals surface area contributed by atoms with E-state index in [-0.39, 0.29) is 0 Å². The van der Waals surface area contributed by atoms with Crippen molar-refractivity contribution in [1.29, 1.82) is 0 Å². The molecule has 92 valence electrons. The van der Waals surface area contributed by atoms with Crippen LogP contribution < -0.4 is 0 Å². The number of rotatable bonds is 5. The van der Waals surface area contributed by atoms with Gasteiger partial charge in [0.15, 0.2) is 4.96 Å². The topological polar surface area (TPSA) is 54.6 Å². The van der Waals surface area contributed by atoms with Crippen molar-refractivity contribution in [2.75, 3.05) is 0 Å². The molecular formula is C12H16N2O2S. The molecule has 0 saturated carbocycles. The fraction of sp³-hybridized carbons (Fsp3) is 0.500. The van der Waals surface area contributed by atoms with E-state index < -0.39 is 11.4 Å². The molecule has 1 unspecified atom stereocenters. The third kappa shape index (κ3) is 2.34. The van der Waals surface area contributed by atoms with Crippen molar-refractivity contribution in [3.8, 4) is 0 Å². The van der Waals surface area contributed by atoms with E-state index >= 15 is 0 Å². The number of carboxylic acids is 1. The van der Waals surface area contributed by atoms with Crippen LogP contribution in [0.2, 0.25) is 0 Å². The molecule has 0 amide bonds. The van der Waals surface area contributed by atoms with Gasteiger partial charge in [-0.3, -0.25) is 9.20 Å². The Morgan fingerprint density at radius 1 is 1.65 bits per heavy atom. The molecule has 2 heterocycles. The predicted molar refractivity (Wildman–Crippen MR) is 67.4 cm³/mol. The van der Waals surface area contributed by atoms with Crippen molar-refractivity contribution in [2.24, 2.45) is 5.41 Å². The standard InChI is InChI=1S/C12H16N2O2S/c1-3-4-12(2,10(15)16)7-9-8-14-5-6-17-11(14)13-9/h5-6,8H,3-4,7H2,1-2H3,(H,15,16). The second-order valence-electron chi connectivity index (χ2n) is 4.62. The minimum atomic E-state index is -0.740. The summed E-state index contributed by atoms with van der Waals surface area (Å²) in [5.41, 5.74) is 0.147. The van der Waals surface area contributed by atoms with E-state index in [1.165, 1.54) is 0 Å². The van der Waals surface area contributed by atoms with Crippen LogP contribution in [-0.2, 0) is 11.2 Å². The number of fused-ring (bicyclic) bond motifs is 1. The van der Waals surface area contributed by atoms with Crippen LogP contribution in [0.1, 0.15) is 32.4 Å². The zero-order valence-electron chi connectivity index (χ0n) is 10.0. The summed E-state index contributed by atoms with van der Waals surface area (Å²) in [5.74, 6) is -0.740. The maximum absolute atomic E-state index is 11.3. The number of aromatic nitrogens is 2. The first-order chi connectivity index (χ1) is 8.05. The van der Waals surface area contributed by atoms with Gasteiger partial charge in [0.2, 0.25) is 0 Å². The Balaban J connectivity index is 2.23. The minimum Gasteiger partial charge on any atom is -0.481 e. The fourth-order valence-electron chi connectivity index (χ4n) is 2.08. The zero-order valence-corrected chi connectivity index (χ0v) is 10.8. The summed E-state index contributed by atoms with van der Waals surface area (Å²) in [6.45, 7) is 3.80. The summed E-state index contributed by atoms with van der Waals surface area (Å²) in [6, 6.07) is 0. The highest BCUT2D eigenvalue weighted by molar-refractivity contribution is 7.15. The van der Waals surface area contributed by atoms with Gasteiger partial charge >= 0.3 is 5.97 Å². The lowest BCUT2D eigenvalue weighted by atomic mass is 9.81. The molecule has 1 N–H and O–H groups in total. The highest BCUT2D eigenvalue weighted by Crippen LogP contribution is 2.28. The fourth-order valence-corrected chi connectivity index (χ4v) is 2.80. The highest BCUT2D eigenvalue weighted by Gasteiger charge is 2.33. The van der Waals surface area contributed by atoms with E-state index in [0.717, 1.165) is 17.1 Å². The Hall–Kier alpha value is -1.36. The lowest BCUT2D eigenvalue weighted by Gasteiger charge is -2.22. The number of carbonyl (C=O) groups is 1. The molecule has 17 heavy (non-hydrogen) atoms. The molecule has 0 aliphatic rings. The van der Waals surface area contributed by atoms with E-state index in [2.05, 4.69) is 4.98 Å². The summed E-state index contributed by atoms with van der Waals surface area (Å²) in [7, 11) is 0. The molecule has 0 aliphatic carbocycles. The lowest BCUT2D eigenvalue weighted by molar-refractivity contribution is -0.148. The van der Waals surface area contributed by atoms with Gasteiger partial charge in [0, 0.05) is 24.2 Å². The number of imidazole rings is 1. The number of hydrogen-bond donors (Lipinski definition) is 1. The molecule has 2 rings (SSSR count). The summed E-state index contributed by atoms with van der Waals surface area (Å²) < 4.78 is 1.94. The molecule has 2 aromatic heterocycles. The van der Waals surface area contributed by atoms with E-state index in [0.29, 0.717) is 12.8 Å². The molecule has 5 heteroatoms. The van der Waals surface area contributed by atoms with Crippen LogP contribution in [-0.4, -0.2) is 20.5 Å². The van der Waals surface area contributed by atoms with Gasteiger partial charge in [-0.05, 0) is 13.3 Å². The number of aliphatic carboxylic acids is 1. The van der Waals surface area contributed by atoms with Crippen LogP contribution in [0.3, 0.4) is 0 Å². The summed E-state index contributed by atoms with van der Waals surface area (Å²) in [4.78, 5) is 16.7. The smallest absolute Gasteiger partial charge is 0.309 e. The average Bonchev–Trinajstić information content (AvgIpc) is 2.77. The molecule has 0 saturated heterocycles. The van der Waals surface area contributed by atoms with Gasteiger partial charge in [0.05, 0.1) is 11.1 Å². The SMILES string of the molecule is CCCC(C)(Cc1cn2ccsc2n1)C(=O)O. The second-order valence-corrected chi connectivity index (χ2v) is 5.49. The molecule has 0 aliphatic heterocycles. The second kappa shape index (κ2) is 4.49. The first-order valence-corrected chi connectivity index (χ1v) is 6.57. The normalized spacial score (nSPS) is 14.9. The maximum Gasteiger partial charge on any atom is 0.309 e. The summed E-state index contributed by atoms with van der Waals surface area (Å²) >= 11 is 1.56. The minimum absolute atomic E-state index is 0.491. The molecule has 1 atom stereocenters. The first kappa shape index (κ1) is 12.1. The number of thiazole rings is 1. The summed E-state index contributed by atoms with van der Waals surface area (Å²) in [5, 5.41) is 11.3. The maximum atomic E-state index is 11.3. The van der Waals surface area contributed by atoms with Crippen molar-refractivity contribution >= 4 is 22.3 Å².